The van der Waals surface area contributed by atoms with Crippen LogP contribution in [-0.2, 0) is 16.1 Å². The molecule has 0 radical (unpaired) electrons. The van der Waals surface area contributed by atoms with Crippen molar-refractivity contribution in [3.63, 3.8) is 0 Å². The van der Waals surface area contributed by atoms with Crippen LogP contribution >= 0.6 is 15.9 Å². The van der Waals surface area contributed by atoms with E-state index < -0.39 is 5.97 Å². The number of halogens is 1. The Balaban J connectivity index is 1.74. The van der Waals surface area contributed by atoms with Crippen molar-refractivity contribution < 1.29 is 28.5 Å². The Hall–Kier alpha value is -2.67. The molecule has 1 aliphatic heterocycles. The molecule has 27 heavy (non-hydrogen) atoms. The Labute approximate surface area is 165 Å². The molecule has 1 aliphatic rings. The van der Waals surface area contributed by atoms with Crippen LogP contribution in [0.1, 0.15) is 11.1 Å². The Kier molecular flexibility index (Phi) is 6.24. The average molecular weight is 435 g/mol. The van der Waals surface area contributed by atoms with Crippen LogP contribution in [-0.4, -0.2) is 33.4 Å². The predicted molar refractivity (Wildman–Crippen MR) is 104 cm³/mol. The van der Waals surface area contributed by atoms with E-state index in [-0.39, 0.29) is 0 Å². The number of hydrogen-bond acceptors (Lipinski definition) is 6. The molecule has 2 aromatic rings. The quantitative estimate of drug-likeness (QED) is 0.505. The molecule has 0 bridgehead atoms. The lowest BCUT2D eigenvalue weighted by atomic mass is 10.2. The summed E-state index contributed by atoms with van der Waals surface area (Å²) in [5.74, 6) is 2.16. The van der Waals surface area contributed by atoms with Crippen molar-refractivity contribution in [2.24, 2.45) is 0 Å². The van der Waals surface area contributed by atoms with Gasteiger partial charge in [-0.05, 0) is 35.9 Å². The Bertz CT molecular complexity index is 862. The van der Waals surface area contributed by atoms with Gasteiger partial charge in [-0.15, -0.1) is 0 Å². The summed E-state index contributed by atoms with van der Waals surface area (Å²) in [5, 5.41) is 0. The van der Waals surface area contributed by atoms with Gasteiger partial charge in [0.05, 0.1) is 14.2 Å². The standard InChI is InChI=1S/C20H19BrO6/c1-23-17-9-13(4-6-20(22)24-2)3-5-16(17)27-12-14-10-18-19(11-15(14)21)26-8-7-25-18/h3-6,9-11H,7-8,12H2,1-2H3. The number of methoxy groups -OCH3 is 2. The molecular weight excluding hydrogens is 416 g/mol. The fourth-order valence-electron chi connectivity index (χ4n) is 2.51. The van der Waals surface area contributed by atoms with Crippen LogP contribution in [0.5, 0.6) is 23.0 Å². The van der Waals surface area contributed by atoms with Crippen molar-refractivity contribution in [1.82, 2.24) is 0 Å². The van der Waals surface area contributed by atoms with Crippen molar-refractivity contribution in [3.05, 3.63) is 52.0 Å². The number of rotatable bonds is 6. The Morgan fingerprint density at radius 2 is 1.85 bits per heavy atom. The molecule has 1 heterocycles. The van der Waals surface area contributed by atoms with Gasteiger partial charge in [-0.25, -0.2) is 4.79 Å². The minimum Gasteiger partial charge on any atom is -0.493 e. The summed E-state index contributed by atoms with van der Waals surface area (Å²) in [6.07, 6.45) is 3.00. The number of fused-ring (bicyclic) bond motifs is 1. The van der Waals surface area contributed by atoms with E-state index in [1.54, 1.807) is 25.3 Å². The topological polar surface area (TPSA) is 63.2 Å². The van der Waals surface area contributed by atoms with Crippen molar-refractivity contribution in [1.29, 1.82) is 0 Å². The highest BCUT2D eigenvalue weighted by molar-refractivity contribution is 9.10. The minimum absolute atomic E-state index is 0.324. The van der Waals surface area contributed by atoms with Crippen LogP contribution in [0.15, 0.2) is 40.9 Å². The zero-order valence-corrected chi connectivity index (χ0v) is 16.6. The van der Waals surface area contributed by atoms with Crippen molar-refractivity contribution in [2.75, 3.05) is 27.4 Å². The highest BCUT2D eigenvalue weighted by Crippen LogP contribution is 2.36. The molecule has 0 saturated carbocycles. The lowest BCUT2D eigenvalue weighted by molar-refractivity contribution is -0.134. The van der Waals surface area contributed by atoms with Crippen LogP contribution in [0.25, 0.3) is 6.08 Å². The summed E-state index contributed by atoms with van der Waals surface area (Å²) in [6.45, 7) is 1.40. The van der Waals surface area contributed by atoms with Crippen LogP contribution in [0.3, 0.4) is 0 Å². The van der Waals surface area contributed by atoms with Crippen LogP contribution < -0.4 is 18.9 Å². The maximum Gasteiger partial charge on any atom is 0.330 e. The second-order valence-electron chi connectivity index (χ2n) is 5.64. The highest BCUT2D eigenvalue weighted by atomic mass is 79.9. The van der Waals surface area contributed by atoms with Gasteiger partial charge in [-0.1, -0.05) is 22.0 Å². The zero-order valence-electron chi connectivity index (χ0n) is 15.0. The summed E-state index contributed by atoms with van der Waals surface area (Å²) in [4.78, 5) is 11.2. The fraction of sp³-hybridized carbons (Fsp3) is 0.250. The molecule has 7 heteroatoms. The van der Waals surface area contributed by atoms with Gasteiger partial charge in [0.25, 0.3) is 0 Å². The monoisotopic (exact) mass is 434 g/mol. The maximum atomic E-state index is 11.2. The summed E-state index contributed by atoms with van der Waals surface area (Å²) in [5.41, 5.74) is 1.72. The number of carbonyl (C=O) groups is 1. The molecule has 0 N–H and O–H groups in total. The Morgan fingerprint density at radius 1 is 1.11 bits per heavy atom. The second kappa shape index (κ2) is 8.81. The third-order valence-electron chi connectivity index (χ3n) is 3.90. The molecule has 142 valence electrons. The largest absolute Gasteiger partial charge is 0.493 e. The molecule has 0 aromatic heterocycles. The molecule has 0 amide bonds. The molecular formula is C20H19BrO6. The highest BCUT2D eigenvalue weighted by Gasteiger charge is 2.15. The lowest BCUT2D eigenvalue weighted by Gasteiger charge is -2.20. The van der Waals surface area contributed by atoms with Gasteiger partial charge in [0.1, 0.15) is 19.8 Å². The molecule has 0 fully saturated rings. The van der Waals surface area contributed by atoms with E-state index in [1.807, 2.05) is 18.2 Å². The third-order valence-corrected chi connectivity index (χ3v) is 4.63. The predicted octanol–water partition coefficient (Wildman–Crippen LogP) is 3.99. The summed E-state index contributed by atoms with van der Waals surface area (Å²) < 4.78 is 28.0. The van der Waals surface area contributed by atoms with Gasteiger partial charge >= 0.3 is 5.97 Å². The first-order chi connectivity index (χ1) is 13.1. The van der Waals surface area contributed by atoms with Crippen LogP contribution in [0.4, 0.5) is 0 Å². The summed E-state index contributed by atoms with van der Waals surface area (Å²) >= 11 is 3.54. The first kappa shape index (κ1) is 19.1. The average Bonchev–Trinajstić information content (AvgIpc) is 2.70. The van der Waals surface area contributed by atoms with E-state index >= 15 is 0 Å². The number of esters is 1. The van der Waals surface area contributed by atoms with Gasteiger partial charge < -0.3 is 23.7 Å². The smallest absolute Gasteiger partial charge is 0.330 e. The van der Waals surface area contributed by atoms with E-state index in [9.17, 15) is 4.79 Å². The normalized spacial score (nSPS) is 12.7. The first-order valence-corrected chi connectivity index (χ1v) is 9.05. The van der Waals surface area contributed by atoms with Gasteiger partial charge in [0.2, 0.25) is 0 Å². The van der Waals surface area contributed by atoms with Crippen molar-refractivity contribution in [2.45, 2.75) is 6.61 Å². The SMILES string of the molecule is COC(=O)C=Cc1ccc(OCc2cc3c(cc2Br)OCCO3)c(OC)c1. The van der Waals surface area contributed by atoms with E-state index in [0.717, 1.165) is 21.3 Å². The summed E-state index contributed by atoms with van der Waals surface area (Å²) in [6, 6.07) is 9.19. The molecule has 0 spiro atoms. The number of hydrogen-bond donors (Lipinski definition) is 0. The van der Waals surface area contributed by atoms with E-state index in [2.05, 4.69) is 20.7 Å². The van der Waals surface area contributed by atoms with Gasteiger partial charge in [0, 0.05) is 16.1 Å². The minimum atomic E-state index is -0.419. The van der Waals surface area contributed by atoms with Crippen molar-refractivity contribution >= 4 is 28.0 Å². The lowest BCUT2D eigenvalue weighted by Crippen LogP contribution is -2.15. The van der Waals surface area contributed by atoms with E-state index in [4.69, 9.17) is 18.9 Å². The molecule has 0 atom stereocenters. The molecule has 6 nitrogen and oxygen atoms in total. The first-order valence-electron chi connectivity index (χ1n) is 8.25. The number of carbonyl (C=O) groups excluding carboxylic acids is 1. The van der Waals surface area contributed by atoms with Gasteiger partial charge in [0.15, 0.2) is 23.0 Å². The zero-order chi connectivity index (χ0) is 19.2. The third kappa shape index (κ3) is 4.74. The molecule has 2 aromatic carbocycles. The van der Waals surface area contributed by atoms with Gasteiger partial charge in [-0.2, -0.15) is 0 Å². The van der Waals surface area contributed by atoms with Crippen LogP contribution in [0.2, 0.25) is 0 Å². The number of ether oxygens (including phenoxy) is 5. The second-order valence-corrected chi connectivity index (χ2v) is 6.50. The van der Waals surface area contributed by atoms with E-state index in [1.165, 1.54) is 13.2 Å². The molecule has 0 saturated heterocycles. The van der Waals surface area contributed by atoms with E-state index in [0.29, 0.717) is 37.1 Å². The summed E-state index contributed by atoms with van der Waals surface area (Å²) in [7, 11) is 2.90. The fourth-order valence-corrected chi connectivity index (χ4v) is 2.95. The Morgan fingerprint density at radius 3 is 2.56 bits per heavy atom. The number of benzene rings is 2. The molecule has 0 unspecified atom stereocenters. The maximum absolute atomic E-state index is 11.2. The van der Waals surface area contributed by atoms with Gasteiger partial charge in [-0.3, -0.25) is 0 Å². The molecule has 3 rings (SSSR count). The molecule has 0 aliphatic carbocycles. The van der Waals surface area contributed by atoms with Crippen LogP contribution in [0, 0.1) is 0 Å². The van der Waals surface area contributed by atoms with Crippen molar-refractivity contribution in [3.8, 4) is 23.0 Å².